The van der Waals surface area contributed by atoms with E-state index in [1.165, 1.54) is 0 Å². The number of benzene rings is 3. The molecule has 0 bridgehead atoms. The number of nitrogens with one attached hydrogen (secondary N) is 2. The Kier molecular flexibility index (Phi) is 5.86. The molecule has 0 unspecified atom stereocenters. The summed E-state index contributed by atoms with van der Waals surface area (Å²) in [5.74, 6) is 0.768. The lowest BCUT2D eigenvalue weighted by molar-refractivity contribution is 0.306. The van der Waals surface area contributed by atoms with Crippen LogP contribution in [0.2, 0.25) is 0 Å². The van der Waals surface area contributed by atoms with E-state index < -0.39 is 0 Å². The van der Waals surface area contributed by atoms with E-state index in [1.807, 2.05) is 73.7 Å². The summed E-state index contributed by atoms with van der Waals surface area (Å²) in [6, 6.07) is 25.2. The van der Waals surface area contributed by atoms with Crippen molar-refractivity contribution >= 4 is 5.69 Å². The Balaban J connectivity index is 1.40. The average molecular weight is 410 g/mol. The van der Waals surface area contributed by atoms with Crippen LogP contribution in [0.25, 0.3) is 5.69 Å². The van der Waals surface area contributed by atoms with Crippen molar-refractivity contribution in [3.8, 4) is 17.5 Å². The SMILES string of the molecule is Cc1cn(-c2cccc(NCc3cccc(OCc4cccc(C#N)c4)c3)c2)c(=O)[nH]1. The van der Waals surface area contributed by atoms with Crippen LogP contribution in [0.3, 0.4) is 0 Å². The molecule has 6 nitrogen and oxygen atoms in total. The molecule has 0 spiro atoms. The topological polar surface area (TPSA) is 82.8 Å². The Morgan fingerprint density at radius 2 is 1.84 bits per heavy atom. The monoisotopic (exact) mass is 410 g/mol. The maximum absolute atomic E-state index is 12.0. The van der Waals surface area contributed by atoms with Gasteiger partial charge in [-0.3, -0.25) is 4.57 Å². The van der Waals surface area contributed by atoms with Crippen molar-refractivity contribution in [2.24, 2.45) is 0 Å². The second-order valence-corrected chi connectivity index (χ2v) is 7.26. The fraction of sp³-hybridized carbons (Fsp3) is 0.120. The first-order valence-corrected chi connectivity index (χ1v) is 9.94. The third-order valence-corrected chi connectivity index (χ3v) is 4.83. The number of aryl methyl sites for hydroxylation is 1. The highest BCUT2D eigenvalue weighted by molar-refractivity contribution is 5.51. The minimum absolute atomic E-state index is 0.153. The minimum atomic E-state index is -0.153. The standard InChI is InChI=1S/C25H22N4O2/c1-18-16-29(25(30)28-18)23-9-4-8-22(13-23)27-15-20-6-3-10-24(12-20)31-17-21-7-2-5-19(11-21)14-26/h2-13,16,27H,15,17H2,1H3,(H,28,30). The third kappa shape index (κ3) is 5.03. The van der Waals surface area contributed by atoms with Gasteiger partial charge in [0.1, 0.15) is 12.4 Å². The second kappa shape index (κ2) is 9.06. The summed E-state index contributed by atoms with van der Waals surface area (Å²) in [5, 5.41) is 12.4. The highest BCUT2D eigenvalue weighted by Crippen LogP contribution is 2.18. The van der Waals surface area contributed by atoms with Gasteiger partial charge in [0.2, 0.25) is 0 Å². The van der Waals surface area contributed by atoms with Gasteiger partial charge in [-0.15, -0.1) is 0 Å². The van der Waals surface area contributed by atoms with Gasteiger partial charge in [-0.1, -0.05) is 30.3 Å². The third-order valence-electron chi connectivity index (χ3n) is 4.83. The average Bonchev–Trinajstić information content (AvgIpc) is 3.15. The van der Waals surface area contributed by atoms with Gasteiger partial charge in [0, 0.05) is 24.1 Å². The Morgan fingerprint density at radius 3 is 2.65 bits per heavy atom. The Bertz CT molecular complexity index is 1300. The van der Waals surface area contributed by atoms with E-state index in [2.05, 4.69) is 16.4 Å². The summed E-state index contributed by atoms with van der Waals surface area (Å²) in [6.45, 7) is 2.88. The molecule has 1 aromatic heterocycles. The van der Waals surface area contributed by atoms with E-state index in [1.54, 1.807) is 16.8 Å². The summed E-state index contributed by atoms with van der Waals surface area (Å²) in [5.41, 5.74) is 5.04. The molecule has 0 amide bonds. The summed E-state index contributed by atoms with van der Waals surface area (Å²) < 4.78 is 7.49. The van der Waals surface area contributed by atoms with Gasteiger partial charge in [-0.2, -0.15) is 5.26 Å². The summed E-state index contributed by atoms with van der Waals surface area (Å²) in [7, 11) is 0. The van der Waals surface area contributed by atoms with Crippen LogP contribution >= 0.6 is 0 Å². The first-order valence-electron chi connectivity index (χ1n) is 9.94. The fourth-order valence-electron chi connectivity index (χ4n) is 3.32. The van der Waals surface area contributed by atoms with E-state index >= 15 is 0 Å². The smallest absolute Gasteiger partial charge is 0.330 e. The Morgan fingerprint density at radius 1 is 1.03 bits per heavy atom. The zero-order chi connectivity index (χ0) is 21.6. The molecule has 4 rings (SSSR count). The molecule has 0 aliphatic rings. The largest absolute Gasteiger partial charge is 0.489 e. The van der Waals surface area contributed by atoms with Crippen molar-refractivity contribution in [1.29, 1.82) is 5.26 Å². The molecule has 154 valence electrons. The van der Waals surface area contributed by atoms with E-state index in [0.717, 1.165) is 33.9 Å². The highest BCUT2D eigenvalue weighted by Gasteiger charge is 2.04. The molecule has 0 saturated carbocycles. The lowest BCUT2D eigenvalue weighted by atomic mass is 10.1. The van der Waals surface area contributed by atoms with Crippen molar-refractivity contribution in [2.75, 3.05) is 5.32 Å². The van der Waals surface area contributed by atoms with Gasteiger partial charge in [0.25, 0.3) is 0 Å². The van der Waals surface area contributed by atoms with Crippen LogP contribution in [0.4, 0.5) is 5.69 Å². The molecule has 0 aliphatic carbocycles. The number of aromatic amines is 1. The van der Waals surface area contributed by atoms with E-state index in [0.29, 0.717) is 18.7 Å². The maximum atomic E-state index is 12.0. The zero-order valence-corrected chi connectivity index (χ0v) is 17.1. The lowest BCUT2D eigenvalue weighted by Gasteiger charge is -2.11. The summed E-state index contributed by atoms with van der Waals surface area (Å²) in [6.07, 6.45) is 1.79. The first-order chi connectivity index (χ1) is 15.1. The number of rotatable bonds is 7. The van der Waals surface area contributed by atoms with E-state index in [9.17, 15) is 4.79 Å². The predicted octanol–water partition coefficient (Wildman–Crippen LogP) is 4.54. The predicted molar refractivity (Wildman–Crippen MR) is 120 cm³/mol. The Labute approximate surface area is 180 Å². The second-order valence-electron chi connectivity index (χ2n) is 7.26. The lowest BCUT2D eigenvalue weighted by Crippen LogP contribution is -2.14. The zero-order valence-electron chi connectivity index (χ0n) is 17.1. The fourth-order valence-corrected chi connectivity index (χ4v) is 3.32. The molecular formula is C25H22N4O2. The van der Waals surface area contributed by atoms with Crippen LogP contribution in [0.5, 0.6) is 5.75 Å². The van der Waals surface area contributed by atoms with Crippen molar-refractivity contribution in [3.05, 3.63) is 112 Å². The Hall–Kier alpha value is -4.24. The molecule has 3 aromatic carbocycles. The van der Waals surface area contributed by atoms with Gasteiger partial charge in [0.05, 0.1) is 17.3 Å². The molecule has 0 aliphatic heterocycles. The molecular weight excluding hydrogens is 388 g/mol. The van der Waals surface area contributed by atoms with Gasteiger partial charge in [-0.05, 0) is 60.5 Å². The number of nitriles is 1. The number of anilines is 1. The van der Waals surface area contributed by atoms with Crippen LogP contribution in [-0.2, 0) is 13.2 Å². The van der Waals surface area contributed by atoms with Gasteiger partial charge >= 0.3 is 5.69 Å². The van der Waals surface area contributed by atoms with Crippen molar-refractivity contribution < 1.29 is 4.74 Å². The molecule has 0 saturated heterocycles. The number of hydrogen-bond donors (Lipinski definition) is 2. The molecule has 0 radical (unpaired) electrons. The van der Waals surface area contributed by atoms with Crippen LogP contribution in [0, 0.1) is 18.3 Å². The van der Waals surface area contributed by atoms with Crippen molar-refractivity contribution in [3.63, 3.8) is 0 Å². The van der Waals surface area contributed by atoms with Gasteiger partial charge < -0.3 is 15.0 Å². The first kappa shape index (κ1) is 20.0. The highest BCUT2D eigenvalue weighted by atomic mass is 16.5. The molecule has 0 atom stereocenters. The number of aromatic nitrogens is 2. The van der Waals surface area contributed by atoms with E-state index in [4.69, 9.17) is 10.00 Å². The summed E-state index contributed by atoms with van der Waals surface area (Å²) in [4.78, 5) is 14.8. The molecule has 4 aromatic rings. The van der Waals surface area contributed by atoms with Crippen LogP contribution < -0.4 is 15.7 Å². The number of imidazole rings is 1. The molecule has 31 heavy (non-hydrogen) atoms. The van der Waals surface area contributed by atoms with Gasteiger partial charge in [-0.25, -0.2) is 4.79 Å². The molecule has 0 fully saturated rings. The quantitative estimate of drug-likeness (QED) is 0.469. The molecule has 2 N–H and O–H groups in total. The number of H-pyrrole nitrogens is 1. The maximum Gasteiger partial charge on any atom is 0.330 e. The van der Waals surface area contributed by atoms with Crippen LogP contribution in [0.1, 0.15) is 22.4 Å². The van der Waals surface area contributed by atoms with Crippen molar-refractivity contribution in [1.82, 2.24) is 9.55 Å². The normalized spacial score (nSPS) is 10.5. The molecule has 1 heterocycles. The molecule has 6 heteroatoms. The van der Waals surface area contributed by atoms with Crippen molar-refractivity contribution in [2.45, 2.75) is 20.1 Å². The summed E-state index contributed by atoms with van der Waals surface area (Å²) >= 11 is 0. The number of hydrogen-bond acceptors (Lipinski definition) is 4. The van der Waals surface area contributed by atoms with Crippen LogP contribution in [-0.4, -0.2) is 9.55 Å². The minimum Gasteiger partial charge on any atom is -0.489 e. The number of nitrogens with zero attached hydrogens (tertiary/aromatic N) is 2. The van der Waals surface area contributed by atoms with Gasteiger partial charge in [0.15, 0.2) is 0 Å². The number of ether oxygens (including phenoxy) is 1. The van der Waals surface area contributed by atoms with Crippen LogP contribution in [0.15, 0.2) is 83.8 Å². The van der Waals surface area contributed by atoms with E-state index in [-0.39, 0.29) is 5.69 Å².